The minimum atomic E-state index is -0.212. The highest BCUT2D eigenvalue weighted by molar-refractivity contribution is 7.97. The van der Waals surface area contributed by atoms with Gasteiger partial charge < -0.3 is 10.6 Å². The van der Waals surface area contributed by atoms with Crippen LogP contribution in [0.25, 0.3) is 0 Å². The van der Waals surface area contributed by atoms with Crippen LogP contribution >= 0.6 is 11.8 Å². The first kappa shape index (κ1) is 21.4. The van der Waals surface area contributed by atoms with Gasteiger partial charge in [-0.2, -0.15) is 16.9 Å². The van der Waals surface area contributed by atoms with Crippen molar-refractivity contribution in [2.75, 3.05) is 19.8 Å². The van der Waals surface area contributed by atoms with Crippen LogP contribution in [0.2, 0.25) is 0 Å². The lowest BCUT2D eigenvalue weighted by molar-refractivity contribution is 0.509. The predicted molar refractivity (Wildman–Crippen MR) is 116 cm³/mol. The Balaban J connectivity index is 1.47. The fourth-order valence-corrected chi connectivity index (χ4v) is 4.07. The normalized spacial score (nSPS) is 14.0. The molecule has 0 spiro atoms. The lowest BCUT2D eigenvalue weighted by Crippen LogP contribution is -2.38. The van der Waals surface area contributed by atoms with E-state index in [4.69, 9.17) is 0 Å². The molecule has 0 saturated carbocycles. The van der Waals surface area contributed by atoms with Crippen LogP contribution in [-0.2, 0) is 31.8 Å². The average molecular weight is 421 g/mol. The SMILES string of the molecule is CN=C(NCCCn1nc2n(c1=O)CCCC2)NCc1ccc(F)cc1CSC. The molecule has 0 saturated heterocycles. The van der Waals surface area contributed by atoms with Gasteiger partial charge in [0.2, 0.25) is 0 Å². The summed E-state index contributed by atoms with van der Waals surface area (Å²) in [5, 5.41) is 11.0. The summed E-state index contributed by atoms with van der Waals surface area (Å²) in [6.07, 6.45) is 5.82. The number of aromatic nitrogens is 3. The van der Waals surface area contributed by atoms with E-state index in [1.807, 2.05) is 12.3 Å². The molecule has 0 fully saturated rings. The smallest absolute Gasteiger partial charge is 0.345 e. The van der Waals surface area contributed by atoms with E-state index >= 15 is 0 Å². The second kappa shape index (κ2) is 10.5. The van der Waals surface area contributed by atoms with Crippen LogP contribution in [0, 0.1) is 5.82 Å². The van der Waals surface area contributed by atoms with Crippen molar-refractivity contribution in [1.29, 1.82) is 0 Å². The van der Waals surface area contributed by atoms with Crippen LogP contribution in [0.4, 0.5) is 4.39 Å². The number of aliphatic imine (C=N–C) groups is 1. The van der Waals surface area contributed by atoms with Gasteiger partial charge in [-0.15, -0.1) is 0 Å². The Morgan fingerprint density at radius 1 is 1.31 bits per heavy atom. The molecule has 158 valence electrons. The van der Waals surface area contributed by atoms with Crippen LogP contribution in [0.1, 0.15) is 36.2 Å². The summed E-state index contributed by atoms with van der Waals surface area (Å²) in [5.41, 5.74) is 2.04. The fourth-order valence-electron chi connectivity index (χ4n) is 3.49. The molecule has 7 nitrogen and oxygen atoms in total. The topological polar surface area (TPSA) is 76.2 Å². The minimum absolute atomic E-state index is 0.000148. The van der Waals surface area contributed by atoms with Crippen molar-refractivity contribution in [3.63, 3.8) is 0 Å². The van der Waals surface area contributed by atoms with Gasteiger partial charge in [-0.1, -0.05) is 6.07 Å². The maximum Gasteiger partial charge on any atom is 0.345 e. The van der Waals surface area contributed by atoms with Gasteiger partial charge in [0.15, 0.2) is 5.96 Å². The van der Waals surface area contributed by atoms with Gasteiger partial charge in [0.1, 0.15) is 11.6 Å². The number of guanidine groups is 1. The first-order valence-corrected chi connectivity index (χ1v) is 11.4. The molecule has 0 bridgehead atoms. The predicted octanol–water partition coefficient (Wildman–Crippen LogP) is 2.14. The number of nitrogens with zero attached hydrogens (tertiary/aromatic N) is 4. The number of benzene rings is 1. The molecule has 1 aliphatic rings. The third-order valence-electron chi connectivity index (χ3n) is 5.01. The molecule has 2 heterocycles. The standard InChI is InChI=1S/C20H29FN6OS/c1-22-19(24-13-15-7-8-17(21)12-16(15)14-29-2)23-9-5-11-27-20(28)26-10-4-3-6-18(26)25-27/h7-8,12H,3-6,9-11,13-14H2,1-2H3,(H2,22,23,24). The average Bonchev–Trinajstić information content (AvgIpc) is 3.05. The summed E-state index contributed by atoms with van der Waals surface area (Å²) < 4.78 is 16.9. The minimum Gasteiger partial charge on any atom is -0.356 e. The lowest BCUT2D eigenvalue weighted by atomic mass is 10.1. The molecule has 0 amide bonds. The zero-order valence-corrected chi connectivity index (χ0v) is 17.9. The Morgan fingerprint density at radius 3 is 2.93 bits per heavy atom. The molecular formula is C20H29FN6OS. The molecule has 29 heavy (non-hydrogen) atoms. The molecule has 2 aromatic rings. The number of halogens is 1. The van der Waals surface area contributed by atoms with E-state index in [1.54, 1.807) is 34.1 Å². The summed E-state index contributed by atoms with van der Waals surface area (Å²) in [6.45, 7) is 2.61. The summed E-state index contributed by atoms with van der Waals surface area (Å²) in [6, 6.07) is 4.89. The summed E-state index contributed by atoms with van der Waals surface area (Å²) in [4.78, 5) is 16.6. The van der Waals surface area contributed by atoms with E-state index in [0.717, 1.165) is 54.9 Å². The van der Waals surface area contributed by atoms with E-state index in [2.05, 4.69) is 20.7 Å². The highest BCUT2D eigenvalue weighted by Gasteiger charge is 2.16. The van der Waals surface area contributed by atoms with Gasteiger partial charge in [-0.25, -0.2) is 13.9 Å². The number of nitrogens with one attached hydrogen (secondary N) is 2. The highest BCUT2D eigenvalue weighted by Crippen LogP contribution is 2.16. The van der Waals surface area contributed by atoms with Crippen LogP contribution in [0.15, 0.2) is 28.0 Å². The zero-order chi connectivity index (χ0) is 20.6. The summed E-state index contributed by atoms with van der Waals surface area (Å²) >= 11 is 1.67. The van der Waals surface area contributed by atoms with Gasteiger partial charge in [0, 0.05) is 45.4 Å². The second-order valence-corrected chi connectivity index (χ2v) is 7.95. The number of hydrogen-bond donors (Lipinski definition) is 2. The van der Waals surface area contributed by atoms with E-state index in [9.17, 15) is 9.18 Å². The Kier molecular flexibility index (Phi) is 7.74. The molecule has 1 aromatic heterocycles. The molecule has 3 rings (SSSR count). The van der Waals surface area contributed by atoms with Gasteiger partial charge in [0.05, 0.1) is 0 Å². The fraction of sp³-hybridized carbons (Fsp3) is 0.550. The lowest BCUT2D eigenvalue weighted by Gasteiger charge is -2.14. The van der Waals surface area contributed by atoms with Gasteiger partial charge in [0.25, 0.3) is 0 Å². The Morgan fingerprint density at radius 2 is 2.17 bits per heavy atom. The van der Waals surface area contributed by atoms with Crippen LogP contribution in [0.5, 0.6) is 0 Å². The van der Waals surface area contributed by atoms with E-state index in [1.165, 1.54) is 6.07 Å². The van der Waals surface area contributed by atoms with Crippen molar-refractivity contribution in [2.45, 2.75) is 51.1 Å². The first-order chi connectivity index (χ1) is 14.1. The van der Waals surface area contributed by atoms with Crippen molar-refractivity contribution in [2.24, 2.45) is 4.99 Å². The quantitative estimate of drug-likeness (QED) is 0.389. The van der Waals surface area contributed by atoms with Crippen molar-refractivity contribution < 1.29 is 4.39 Å². The second-order valence-electron chi connectivity index (χ2n) is 7.08. The van der Waals surface area contributed by atoms with Crippen molar-refractivity contribution >= 4 is 17.7 Å². The molecule has 0 atom stereocenters. The van der Waals surface area contributed by atoms with Crippen LogP contribution < -0.4 is 16.3 Å². The first-order valence-electron chi connectivity index (χ1n) is 9.99. The zero-order valence-electron chi connectivity index (χ0n) is 17.1. The molecule has 0 aliphatic carbocycles. The Hall–Kier alpha value is -2.29. The van der Waals surface area contributed by atoms with Crippen LogP contribution in [0.3, 0.4) is 0 Å². The summed E-state index contributed by atoms with van der Waals surface area (Å²) in [7, 11) is 1.72. The van der Waals surface area contributed by atoms with E-state index < -0.39 is 0 Å². The molecule has 1 aliphatic heterocycles. The van der Waals surface area contributed by atoms with Crippen molar-refractivity contribution in [3.8, 4) is 0 Å². The number of aryl methyl sites for hydroxylation is 2. The molecule has 9 heteroatoms. The van der Waals surface area contributed by atoms with Crippen molar-refractivity contribution in [3.05, 3.63) is 51.5 Å². The van der Waals surface area contributed by atoms with Crippen LogP contribution in [-0.4, -0.2) is 40.2 Å². The summed E-state index contributed by atoms with van der Waals surface area (Å²) in [5.74, 6) is 2.15. The molecule has 0 unspecified atom stereocenters. The molecule has 1 aromatic carbocycles. The monoisotopic (exact) mass is 420 g/mol. The maximum atomic E-state index is 13.5. The molecular weight excluding hydrogens is 391 g/mol. The number of rotatable bonds is 8. The number of fused-ring (bicyclic) bond motifs is 1. The number of hydrogen-bond acceptors (Lipinski definition) is 4. The molecule has 2 N–H and O–H groups in total. The van der Waals surface area contributed by atoms with Gasteiger partial charge >= 0.3 is 5.69 Å². The Bertz CT molecular complexity index is 907. The van der Waals surface area contributed by atoms with Crippen molar-refractivity contribution in [1.82, 2.24) is 25.0 Å². The molecule has 0 radical (unpaired) electrons. The van der Waals surface area contributed by atoms with E-state index in [0.29, 0.717) is 25.6 Å². The Labute approximate surface area is 174 Å². The maximum absolute atomic E-state index is 13.5. The third kappa shape index (κ3) is 5.62. The van der Waals surface area contributed by atoms with E-state index in [-0.39, 0.29) is 11.5 Å². The van der Waals surface area contributed by atoms with Gasteiger partial charge in [-0.3, -0.25) is 9.56 Å². The largest absolute Gasteiger partial charge is 0.356 e. The highest BCUT2D eigenvalue weighted by atomic mass is 32.2. The third-order valence-corrected chi connectivity index (χ3v) is 5.61. The number of thioether (sulfide) groups is 1. The van der Waals surface area contributed by atoms with Gasteiger partial charge in [-0.05, 0) is 48.8 Å².